The number of rotatable bonds is 6. The number of thiazole rings is 1. The van der Waals surface area contributed by atoms with E-state index in [0.29, 0.717) is 12.0 Å². The van der Waals surface area contributed by atoms with Gasteiger partial charge in [0.1, 0.15) is 0 Å². The number of aryl methyl sites for hydroxylation is 1. The molecular formula is C16H21BrN2S. The molecule has 0 bridgehead atoms. The summed E-state index contributed by atoms with van der Waals surface area (Å²) in [6, 6.07) is 9.15. The van der Waals surface area contributed by atoms with E-state index in [1.807, 2.05) is 0 Å². The Hall–Kier alpha value is -0.710. The monoisotopic (exact) mass is 352 g/mol. The summed E-state index contributed by atoms with van der Waals surface area (Å²) in [5.41, 5.74) is 2.49. The predicted octanol–water partition coefficient (Wildman–Crippen LogP) is 4.54. The van der Waals surface area contributed by atoms with E-state index in [4.69, 9.17) is 0 Å². The average molecular weight is 353 g/mol. The highest BCUT2D eigenvalue weighted by atomic mass is 79.9. The van der Waals surface area contributed by atoms with Crippen LogP contribution >= 0.6 is 27.3 Å². The van der Waals surface area contributed by atoms with Gasteiger partial charge in [-0.05, 0) is 24.6 Å². The number of aromatic nitrogens is 1. The van der Waals surface area contributed by atoms with Crippen LogP contribution in [0.5, 0.6) is 0 Å². The molecular weight excluding hydrogens is 332 g/mol. The minimum atomic E-state index is 0.469. The first-order valence-electron chi connectivity index (χ1n) is 6.94. The molecule has 0 aliphatic heterocycles. The summed E-state index contributed by atoms with van der Waals surface area (Å²) >= 11 is 5.26. The smallest absolute Gasteiger partial charge is 0.0934 e. The Bertz CT molecular complexity index is 534. The fraction of sp³-hybridized carbons (Fsp3) is 0.438. The SMILES string of the molecule is Cc1csc(CC(CNC(C)C)c2ccc(Br)cc2)n1. The molecule has 1 aromatic carbocycles. The van der Waals surface area contributed by atoms with Crippen molar-refractivity contribution in [3.05, 3.63) is 50.4 Å². The minimum Gasteiger partial charge on any atom is -0.314 e. The van der Waals surface area contributed by atoms with Crippen molar-refractivity contribution in [2.75, 3.05) is 6.54 Å². The highest BCUT2D eigenvalue weighted by molar-refractivity contribution is 9.10. The highest BCUT2D eigenvalue weighted by Crippen LogP contribution is 2.24. The summed E-state index contributed by atoms with van der Waals surface area (Å²) in [5.74, 6) is 0.469. The van der Waals surface area contributed by atoms with Crippen molar-refractivity contribution in [1.82, 2.24) is 10.3 Å². The van der Waals surface area contributed by atoms with Crippen LogP contribution in [-0.2, 0) is 6.42 Å². The Labute approximate surface area is 133 Å². The Kier molecular flexibility index (Phi) is 5.75. The topological polar surface area (TPSA) is 24.9 Å². The van der Waals surface area contributed by atoms with Crippen LogP contribution in [0.1, 0.15) is 36.0 Å². The molecule has 4 heteroatoms. The van der Waals surface area contributed by atoms with Crippen molar-refractivity contribution >= 4 is 27.3 Å². The van der Waals surface area contributed by atoms with E-state index >= 15 is 0 Å². The van der Waals surface area contributed by atoms with Crippen molar-refractivity contribution in [2.24, 2.45) is 0 Å². The van der Waals surface area contributed by atoms with Gasteiger partial charge in [0.15, 0.2) is 0 Å². The van der Waals surface area contributed by atoms with E-state index in [2.05, 4.69) is 76.6 Å². The Balaban J connectivity index is 2.13. The first-order valence-corrected chi connectivity index (χ1v) is 8.61. The molecule has 0 saturated heterocycles. The molecule has 0 saturated carbocycles. The van der Waals surface area contributed by atoms with Gasteiger partial charge < -0.3 is 5.32 Å². The number of nitrogens with zero attached hydrogens (tertiary/aromatic N) is 1. The molecule has 0 amide bonds. The number of hydrogen-bond acceptors (Lipinski definition) is 3. The van der Waals surface area contributed by atoms with Crippen LogP contribution in [0.15, 0.2) is 34.1 Å². The van der Waals surface area contributed by atoms with Crippen LogP contribution < -0.4 is 5.32 Å². The Morgan fingerprint density at radius 3 is 2.50 bits per heavy atom. The fourth-order valence-electron chi connectivity index (χ4n) is 2.13. The van der Waals surface area contributed by atoms with Gasteiger partial charge in [0, 0.05) is 40.5 Å². The third-order valence-corrected chi connectivity index (χ3v) is 4.72. The molecule has 1 N–H and O–H groups in total. The summed E-state index contributed by atoms with van der Waals surface area (Å²) in [7, 11) is 0. The van der Waals surface area contributed by atoms with E-state index in [0.717, 1.165) is 23.1 Å². The molecule has 0 spiro atoms. The van der Waals surface area contributed by atoms with Crippen LogP contribution in [0.2, 0.25) is 0 Å². The molecule has 0 aliphatic carbocycles. The van der Waals surface area contributed by atoms with Gasteiger partial charge in [-0.1, -0.05) is 41.9 Å². The molecule has 20 heavy (non-hydrogen) atoms. The van der Waals surface area contributed by atoms with Gasteiger partial charge in [-0.2, -0.15) is 0 Å². The molecule has 108 valence electrons. The van der Waals surface area contributed by atoms with Crippen molar-refractivity contribution in [3.63, 3.8) is 0 Å². The van der Waals surface area contributed by atoms with Gasteiger partial charge >= 0.3 is 0 Å². The fourth-order valence-corrected chi connectivity index (χ4v) is 3.25. The molecule has 0 radical (unpaired) electrons. The van der Waals surface area contributed by atoms with Gasteiger partial charge in [0.2, 0.25) is 0 Å². The van der Waals surface area contributed by atoms with E-state index in [9.17, 15) is 0 Å². The minimum absolute atomic E-state index is 0.469. The standard InChI is InChI=1S/C16H21BrN2S/c1-11(2)18-9-14(8-16-19-12(3)10-20-16)13-4-6-15(17)7-5-13/h4-7,10-11,14,18H,8-9H2,1-3H3. The van der Waals surface area contributed by atoms with E-state index < -0.39 is 0 Å². The Morgan fingerprint density at radius 2 is 1.95 bits per heavy atom. The van der Waals surface area contributed by atoms with Crippen molar-refractivity contribution in [1.29, 1.82) is 0 Å². The molecule has 0 fully saturated rings. The number of nitrogens with one attached hydrogen (secondary N) is 1. The lowest BCUT2D eigenvalue weighted by molar-refractivity contribution is 0.526. The van der Waals surface area contributed by atoms with Crippen LogP contribution in [0.4, 0.5) is 0 Å². The largest absolute Gasteiger partial charge is 0.314 e. The van der Waals surface area contributed by atoms with E-state index in [1.165, 1.54) is 10.6 Å². The zero-order valence-electron chi connectivity index (χ0n) is 12.2. The lowest BCUT2D eigenvalue weighted by Crippen LogP contribution is -2.28. The normalized spacial score (nSPS) is 12.8. The average Bonchev–Trinajstić information content (AvgIpc) is 2.81. The number of hydrogen-bond donors (Lipinski definition) is 1. The zero-order chi connectivity index (χ0) is 14.5. The number of halogens is 1. The molecule has 2 nitrogen and oxygen atoms in total. The van der Waals surface area contributed by atoms with Crippen LogP contribution in [0.25, 0.3) is 0 Å². The third kappa shape index (κ3) is 4.69. The maximum absolute atomic E-state index is 4.60. The van der Waals surface area contributed by atoms with Crippen LogP contribution in [0.3, 0.4) is 0 Å². The van der Waals surface area contributed by atoms with Crippen LogP contribution in [0, 0.1) is 6.92 Å². The second-order valence-corrected chi connectivity index (χ2v) is 7.26. The zero-order valence-corrected chi connectivity index (χ0v) is 14.6. The van der Waals surface area contributed by atoms with Crippen molar-refractivity contribution in [2.45, 2.75) is 39.2 Å². The molecule has 1 atom stereocenters. The van der Waals surface area contributed by atoms with E-state index in [-0.39, 0.29) is 0 Å². The second-order valence-electron chi connectivity index (χ2n) is 5.40. The van der Waals surface area contributed by atoms with Gasteiger partial charge in [0.25, 0.3) is 0 Å². The summed E-state index contributed by atoms with van der Waals surface area (Å²) in [6.07, 6.45) is 1.000. The van der Waals surface area contributed by atoms with Crippen LogP contribution in [-0.4, -0.2) is 17.6 Å². The molecule has 1 heterocycles. The highest BCUT2D eigenvalue weighted by Gasteiger charge is 2.14. The first kappa shape index (κ1) is 15.7. The summed E-state index contributed by atoms with van der Waals surface area (Å²) in [4.78, 5) is 4.60. The van der Waals surface area contributed by atoms with Gasteiger partial charge in [0.05, 0.1) is 5.01 Å². The van der Waals surface area contributed by atoms with Gasteiger partial charge in [-0.25, -0.2) is 4.98 Å². The van der Waals surface area contributed by atoms with E-state index in [1.54, 1.807) is 11.3 Å². The summed E-state index contributed by atoms with van der Waals surface area (Å²) in [5, 5.41) is 6.90. The third-order valence-electron chi connectivity index (χ3n) is 3.20. The van der Waals surface area contributed by atoms with Crippen molar-refractivity contribution < 1.29 is 0 Å². The van der Waals surface area contributed by atoms with Crippen molar-refractivity contribution in [3.8, 4) is 0 Å². The quantitative estimate of drug-likeness (QED) is 0.825. The second kappa shape index (κ2) is 7.34. The van der Waals surface area contributed by atoms with Gasteiger partial charge in [-0.15, -0.1) is 11.3 Å². The van der Waals surface area contributed by atoms with Gasteiger partial charge in [-0.3, -0.25) is 0 Å². The predicted molar refractivity (Wildman–Crippen MR) is 90.6 cm³/mol. The number of benzene rings is 1. The first-order chi connectivity index (χ1) is 9.54. The maximum Gasteiger partial charge on any atom is 0.0934 e. The molecule has 2 rings (SSSR count). The summed E-state index contributed by atoms with van der Waals surface area (Å²) < 4.78 is 1.13. The molecule has 0 aliphatic rings. The Morgan fingerprint density at radius 1 is 1.25 bits per heavy atom. The maximum atomic E-state index is 4.60. The molecule has 2 aromatic rings. The molecule has 1 aromatic heterocycles. The lowest BCUT2D eigenvalue weighted by atomic mass is 9.95. The molecule has 1 unspecified atom stereocenters. The lowest BCUT2D eigenvalue weighted by Gasteiger charge is -2.19. The summed E-state index contributed by atoms with van der Waals surface area (Å²) in [6.45, 7) is 7.41.